The lowest BCUT2D eigenvalue weighted by atomic mass is 10.1. The lowest BCUT2D eigenvalue weighted by molar-refractivity contribution is 0.0681. The van der Waals surface area contributed by atoms with E-state index in [4.69, 9.17) is 20.4 Å². The van der Waals surface area contributed by atoms with Crippen molar-refractivity contribution in [3.63, 3.8) is 0 Å². The third-order valence-corrected chi connectivity index (χ3v) is 2.74. The van der Waals surface area contributed by atoms with Crippen LogP contribution in [0.1, 0.15) is 41.4 Å². The lowest BCUT2D eigenvalue weighted by Crippen LogP contribution is -2.01. The largest absolute Gasteiger partial charge is 0.478 e. The minimum absolute atomic E-state index is 0.0186. The van der Waals surface area contributed by atoms with Gasteiger partial charge in [0.1, 0.15) is 0 Å². The Bertz CT molecular complexity index is 715. The SMILES string of the molecule is O=C(O)c1ccc(C(=O)O)cc1.O=C(O)c1cccc(C(=O)O)c1. The quantitative estimate of drug-likeness (QED) is 0.665. The van der Waals surface area contributed by atoms with Crippen molar-refractivity contribution in [2.75, 3.05) is 0 Å². The van der Waals surface area contributed by atoms with Gasteiger partial charge in [-0.25, -0.2) is 19.2 Å². The summed E-state index contributed by atoms with van der Waals surface area (Å²) in [6.45, 7) is 0. The van der Waals surface area contributed by atoms with Gasteiger partial charge >= 0.3 is 23.9 Å². The highest BCUT2D eigenvalue weighted by Gasteiger charge is 2.07. The third-order valence-electron chi connectivity index (χ3n) is 2.74. The molecular weight excluding hydrogens is 320 g/mol. The van der Waals surface area contributed by atoms with E-state index in [2.05, 4.69) is 0 Å². The molecule has 4 N–H and O–H groups in total. The van der Waals surface area contributed by atoms with Gasteiger partial charge in [-0.1, -0.05) is 6.07 Å². The molecule has 0 aliphatic carbocycles. The Morgan fingerprint density at radius 2 is 0.792 bits per heavy atom. The molecule has 8 heteroatoms. The van der Waals surface area contributed by atoms with E-state index in [9.17, 15) is 19.2 Å². The highest BCUT2D eigenvalue weighted by atomic mass is 16.4. The molecule has 0 aliphatic heterocycles. The first kappa shape index (κ1) is 18.4. The Kier molecular flexibility index (Phi) is 6.19. The molecule has 8 nitrogen and oxygen atoms in total. The molecule has 2 rings (SSSR count). The Morgan fingerprint density at radius 1 is 0.500 bits per heavy atom. The van der Waals surface area contributed by atoms with E-state index in [-0.39, 0.29) is 22.3 Å². The van der Waals surface area contributed by atoms with Crippen LogP contribution >= 0.6 is 0 Å². The molecule has 0 amide bonds. The standard InChI is InChI=1S/2C8H6O4/c9-7(10)5-1-2-6(4-3-5)8(11)12;9-7(10)5-2-1-3-6(4-5)8(11)12/h2*1-4H,(H,9,10)(H,11,12). The minimum atomic E-state index is -1.13. The van der Waals surface area contributed by atoms with E-state index in [1.165, 1.54) is 42.5 Å². The molecule has 0 heterocycles. The van der Waals surface area contributed by atoms with Crippen molar-refractivity contribution < 1.29 is 39.6 Å². The summed E-state index contributed by atoms with van der Waals surface area (Å²) < 4.78 is 0. The molecule has 2 aromatic carbocycles. The van der Waals surface area contributed by atoms with Crippen LogP contribution in [0.4, 0.5) is 0 Å². The smallest absolute Gasteiger partial charge is 0.335 e. The first-order chi connectivity index (χ1) is 11.2. The third kappa shape index (κ3) is 5.26. The van der Waals surface area contributed by atoms with Crippen LogP contribution in [0.2, 0.25) is 0 Å². The second-order valence-electron chi connectivity index (χ2n) is 4.38. The maximum Gasteiger partial charge on any atom is 0.335 e. The molecule has 0 spiro atoms. The van der Waals surface area contributed by atoms with Crippen LogP contribution in [-0.4, -0.2) is 44.3 Å². The van der Waals surface area contributed by atoms with Gasteiger partial charge in [0.25, 0.3) is 0 Å². The average Bonchev–Trinajstić information content (AvgIpc) is 2.55. The zero-order valence-electron chi connectivity index (χ0n) is 12.0. The number of rotatable bonds is 4. The summed E-state index contributed by atoms with van der Waals surface area (Å²) in [7, 11) is 0. The molecule has 0 bridgehead atoms. The monoisotopic (exact) mass is 332 g/mol. The van der Waals surface area contributed by atoms with Crippen molar-refractivity contribution >= 4 is 23.9 Å². The highest BCUT2D eigenvalue weighted by Crippen LogP contribution is 2.05. The van der Waals surface area contributed by atoms with Gasteiger partial charge < -0.3 is 20.4 Å². The van der Waals surface area contributed by atoms with Crippen LogP contribution in [0, 0.1) is 0 Å². The van der Waals surface area contributed by atoms with Crippen molar-refractivity contribution in [1.82, 2.24) is 0 Å². The molecular formula is C16H12O8. The zero-order valence-corrected chi connectivity index (χ0v) is 12.0. The summed E-state index contributed by atoms with van der Waals surface area (Å²) in [6.07, 6.45) is 0. The van der Waals surface area contributed by atoms with Crippen molar-refractivity contribution in [2.45, 2.75) is 0 Å². The Balaban J connectivity index is 0.000000240. The van der Waals surface area contributed by atoms with Crippen LogP contribution < -0.4 is 0 Å². The number of hydrogen-bond donors (Lipinski definition) is 4. The maximum atomic E-state index is 10.4. The van der Waals surface area contributed by atoms with Gasteiger partial charge in [0.15, 0.2) is 0 Å². The van der Waals surface area contributed by atoms with Crippen LogP contribution in [0.5, 0.6) is 0 Å². The second-order valence-corrected chi connectivity index (χ2v) is 4.38. The predicted octanol–water partition coefficient (Wildman–Crippen LogP) is 2.17. The van der Waals surface area contributed by atoms with Crippen LogP contribution in [0.25, 0.3) is 0 Å². The summed E-state index contributed by atoms with van der Waals surface area (Å²) in [6, 6.07) is 10.2. The van der Waals surface area contributed by atoms with Gasteiger partial charge in [-0.3, -0.25) is 0 Å². The lowest BCUT2D eigenvalue weighted by Gasteiger charge is -1.95. The number of hydrogen-bond acceptors (Lipinski definition) is 4. The van der Waals surface area contributed by atoms with E-state index in [0.29, 0.717) is 0 Å². The fourth-order valence-electron chi connectivity index (χ4n) is 1.54. The molecule has 0 fully saturated rings. The zero-order chi connectivity index (χ0) is 18.3. The van der Waals surface area contributed by atoms with E-state index in [1.807, 2.05) is 0 Å². The fraction of sp³-hybridized carbons (Fsp3) is 0. The molecule has 0 atom stereocenters. The van der Waals surface area contributed by atoms with Gasteiger partial charge in [-0.05, 0) is 42.5 Å². The number of benzene rings is 2. The van der Waals surface area contributed by atoms with Gasteiger partial charge in [-0.2, -0.15) is 0 Å². The van der Waals surface area contributed by atoms with Crippen molar-refractivity contribution in [1.29, 1.82) is 0 Å². The molecule has 24 heavy (non-hydrogen) atoms. The molecule has 0 saturated carbocycles. The van der Waals surface area contributed by atoms with Crippen molar-refractivity contribution in [3.8, 4) is 0 Å². The number of carboxylic acid groups (broad SMARTS) is 4. The first-order valence-corrected chi connectivity index (χ1v) is 6.35. The molecule has 0 saturated heterocycles. The van der Waals surface area contributed by atoms with Crippen molar-refractivity contribution in [2.24, 2.45) is 0 Å². The Hall–Kier alpha value is -3.68. The summed E-state index contributed by atoms with van der Waals surface area (Å²) in [5, 5.41) is 33.9. The fourth-order valence-corrected chi connectivity index (χ4v) is 1.54. The molecule has 124 valence electrons. The van der Waals surface area contributed by atoms with Crippen LogP contribution in [0.3, 0.4) is 0 Å². The highest BCUT2D eigenvalue weighted by molar-refractivity contribution is 5.93. The summed E-state index contributed by atoms with van der Waals surface area (Å²) in [4.78, 5) is 41.4. The van der Waals surface area contributed by atoms with Gasteiger partial charge in [0.05, 0.1) is 22.3 Å². The number of carboxylic acids is 4. The normalized spacial score (nSPS) is 9.33. The Morgan fingerprint density at radius 3 is 1.04 bits per heavy atom. The average molecular weight is 332 g/mol. The summed E-state index contributed by atoms with van der Waals surface area (Å²) >= 11 is 0. The first-order valence-electron chi connectivity index (χ1n) is 6.35. The topological polar surface area (TPSA) is 149 Å². The molecule has 0 aliphatic rings. The van der Waals surface area contributed by atoms with Gasteiger partial charge in [0.2, 0.25) is 0 Å². The summed E-state index contributed by atoms with van der Waals surface area (Å²) in [5.41, 5.74) is 0.129. The molecule has 2 aromatic rings. The number of aromatic carboxylic acids is 4. The van der Waals surface area contributed by atoms with Gasteiger partial charge in [0, 0.05) is 0 Å². The van der Waals surface area contributed by atoms with Crippen LogP contribution in [0.15, 0.2) is 48.5 Å². The van der Waals surface area contributed by atoms with E-state index < -0.39 is 23.9 Å². The minimum Gasteiger partial charge on any atom is -0.478 e. The van der Waals surface area contributed by atoms with Crippen molar-refractivity contribution in [3.05, 3.63) is 70.8 Å². The molecule has 0 unspecified atom stereocenters. The van der Waals surface area contributed by atoms with Gasteiger partial charge in [-0.15, -0.1) is 0 Å². The maximum absolute atomic E-state index is 10.4. The van der Waals surface area contributed by atoms with E-state index in [1.54, 1.807) is 0 Å². The number of carbonyl (C=O) groups is 4. The van der Waals surface area contributed by atoms with E-state index >= 15 is 0 Å². The van der Waals surface area contributed by atoms with E-state index in [0.717, 1.165) is 6.07 Å². The second kappa shape index (κ2) is 8.08. The summed E-state index contributed by atoms with van der Waals surface area (Å²) in [5.74, 6) is -4.38. The predicted molar refractivity (Wildman–Crippen MR) is 80.7 cm³/mol. The molecule has 0 aromatic heterocycles. The Labute approximate surface area is 135 Å². The van der Waals surface area contributed by atoms with Crippen LogP contribution in [-0.2, 0) is 0 Å². The molecule has 0 radical (unpaired) electrons.